The highest BCUT2D eigenvalue weighted by Gasteiger charge is 2.24. The fourth-order valence-electron chi connectivity index (χ4n) is 2.81. The van der Waals surface area contributed by atoms with Crippen LogP contribution in [0.25, 0.3) is 11.0 Å². The maximum Gasteiger partial charge on any atom is 0.168 e. The SMILES string of the molecule is CCNC(=S)N1CCC[C@@H](c2nc3ccccc3[nH]2)C1. The molecule has 106 valence electrons. The van der Waals surface area contributed by atoms with Gasteiger partial charge in [0, 0.05) is 25.6 Å². The first-order valence-corrected chi connectivity index (χ1v) is 7.66. The summed E-state index contributed by atoms with van der Waals surface area (Å²) < 4.78 is 0. The number of nitrogens with zero attached hydrogens (tertiary/aromatic N) is 2. The van der Waals surface area contributed by atoms with E-state index >= 15 is 0 Å². The third-order valence-electron chi connectivity index (χ3n) is 3.83. The molecule has 5 heteroatoms. The number of piperidine rings is 1. The van der Waals surface area contributed by atoms with E-state index in [0.29, 0.717) is 5.92 Å². The van der Waals surface area contributed by atoms with Gasteiger partial charge < -0.3 is 15.2 Å². The third-order valence-corrected chi connectivity index (χ3v) is 4.23. The number of aromatic nitrogens is 2. The van der Waals surface area contributed by atoms with E-state index in [1.165, 1.54) is 6.42 Å². The highest BCUT2D eigenvalue weighted by molar-refractivity contribution is 7.80. The molecule has 1 aliphatic heterocycles. The van der Waals surface area contributed by atoms with Crippen molar-refractivity contribution in [3.63, 3.8) is 0 Å². The van der Waals surface area contributed by atoms with Gasteiger partial charge in [-0.2, -0.15) is 0 Å². The number of hydrogen-bond acceptors (Lipinski definition) is 2. The van der Waals surface area contributed by atoms with Gasteiger partial charge >= 0.3 is 0 Å². The molecule has 0 amide bonds. The van der Waals surface area contributed by atoms with Crippen molar-refractivity contribution in [2.24, 2.45) is 0 Å². The van der Waals surface area contributed by atoms with Crippen LogP contribution in [0.5, 0.6) is 0 Å². The molecule has 0 saturated carbocycles. The maximum atomic E-state index is 5.42. The van der Waals surface area contributed by atoms with Gasteiger partial charge in [-0.1, -0.05) is 12.1 Å². The first-order chi connectivity index (χ1) is 9.78. The van der Waals surface area contributed by atoms with Gasteiger partial charge in [-0.3, -0.25) is 0 Å². The van der Waals surface area contributed by atoms with E-state index in [1.807, 2.05) is 12.1 Å². The molecule has 0 unspecified atom stereocenters. The molecule has 2 heterocycles. The zero-order valence-electron chi connectivity index (χ0n) is 11.7. The third kappa shape index (κ3) is 2.63. The summed E-state index contributed by atoms with van der Waals surface area (Å²) in [6, 6.07) is 8.20. The lowest BCUT2D eigenvalue weighted by Gasteiger charge is -2.33. The number of thiocarbonyl (C=S) groups is 1. The van der Waals surface area contributed by atoms with Crippen LogP contribution in [0.4, 0.5) is 0 Å². The molecule has 0 aliphatic carbocycles. The van der Waals surface area contributed by atoms with Crippen molar-refractivity contribution >= 4 is 28.4 Å². The Morgan fingerprint density at radius 2 is 2.35 bits per heavy atom. The molecule has 0 radical (unpaired) electrons. The fraction of sp³-hybridized carbons (Fsp3) is 0.467. The van der Waals surface area contributed by atoms with Gasteiger partial charge in [0.15, 0.2) is 5.11 Å². The molecule has 1 saturated heterocycles. The van der Waals surface area contributed by atoms with Gasteiger partial charge in [0.2, 0.25) is 0 Å². The molecule has 3 rings (SSSR count). The summed E-state index contributed by atoms with van der Waals surface area (Å²) in [4.78, 5) is 10.4. The number of aromatic amines is 1. The number of para-hydroxylation sites is 2. The lowest BCUT2D eigenvalue weighted by atomic mass is 9.98. The van der Waals surface area contributed by atoms with Gasteiger partial charge in [-0.15, -0.1) is 0 Å². The molecule has 1 aromatic carbocycles. The number of imidazole rings is 1. The Kier molecular flexibility index (Phi) is 3.87. The molecular formula is C15H20N4S. The second kappa shape index (κ2) is 5.79. The van der Waals surface area contributed by atoms with Crippen molar-refractivity contribution in [3.05, 3.63) is 30.1 Å². The first-order valence-electron chi connectivity index (χ1n) is 7.25. The Morgan fingerprint density at radius 1 is 1.50 bits per heavy atom. The van der Waals surface area contributed by atoms with Crippen LogP contribution in [-0.2, 0) is 0 Å². The van der Waals surface area contributed by atoms with Crippen LogP contribution in [0, 0.1) is 0 Å². The fourth-order valence-corrected chi connectivity index (χ4v) is 3.12. The summed E-state index contributed by atoms with van der Waals surface area (Å²) >= 11 is 5.42. The van der Waals surface area contributed by atoms with E-state index in [1.54, 1.807) is 0 Å². The Bertz CT molecular complexity index is 574. The molecular weight excluding hydrogens is 268 g/mol. The second-order valence-corrected chi connectivity index (χ2v) is 5.65. The summed E-state index contributed by atoms with van der Waals surface area (Å²) in [6.07, 6.45) is 2.33. The minimum absolute atomic E-state index is 0.438. The maximum absolute atomic E-state index is 5.42. The van der Waals surface area contributed by atoms with Gasteiger partial charge in [0.1, 0.15) is 5.82 Å². The van der Waals surface area contributed by atoms with E-state index in [4.69, 9.17) is 17.2 Å². The van der Waals surface area contributed by atoms with Crippen LogP contribution in [0.15, 0.2) is 24.3 Å². The summed E-state index contributed by atoms with van der Waals surface area (Å²) in [7, 11) is 0. The number of benzene rings is 1. The minimum atomic E-state index is 0.438. The highest BCUT2D eigenvalue weighted by atomic mass is 32.1. The van der Waals surface area contributed by atoms with Crippen LogP contribution in [-0.4, -0.2) is 39.6 Å². The Balaban J connectivity index is 1.77. The van der Waals surface area contributed by atoms with Crippen LogP contribution >= 0.6 is 12.2 Å². The summed E-state index contributed by atoms with van der Waals surface area (Å²) in [5.74, 6) is 1.53. The first kappa shape index (κ1) is 13.4. The molecule has 4 nitrogen and oxygen atoms in total. The van der Waals surface area contributed by atoms with Crippen LogP contribution in [0.2, 0.25) is 0 Å². The number of likely N-dealkylation sites (tertiary alicyclic amines) is 1. The largest absolute Gasteiger partial charge is 0.363 e. The quantitative estimate of drug-likeness (QED) is 0.834. The summed E-state index contributed by atoms with van der Waals surface area (Å²) in [5, 5.41) is 4.11. The monoisotopic (exact) mass is 288 g/mol. The zero-order chi connectivity index (χ0) is 13.9. The number of nitrogens with one attached hydrogen (secondary N) is 2. The van der Waals surface area contributed by atoms with Gasteiger partial charge in [0.05, 0.1) is 11.0 Å². The van der Waals surface area contributed by atoms with Crippen molar-refractivity contribution in [2.45, 2.75) is 25.7 Å². The van der Waals surface area contributed by atoms with E-state index in [9.17, 15) is 0 Å². The minimum Gasteiger partial charge on any atom is -0.363 e. The Morgan fingerprint density at radius 3 is 3.15 bits per heavy atom. The van der Waals surface area contributed by atoms with Crippen LogP contribution in [0.3, 0.4) is 0 Å². The predicted octanol–water partition coefficient (Wildman–Crippen LogP) is 2.64. The highest BCUT2D eigenvalue weighted by Crippen LogP contribution is 2.26. The topological polar surface area (TPSA) is 44.0 Å². The molecule has 2 aromatic rings. The number of rotatable bonds is 2. The molecule has 0 bridgehead atoms. The molecule has 1 atom stereocenters. The van der Waals surface area contributed by atoms with Crippen molar-refractivity contribution < 1.29 is 0 Å². The smallest absolute Gasteiger partial charge is 0.168 e. The van der Waals surface area contributed by atoms with Crippen molar-refractivity contribution in [1.82, 2.24) is 20.2 Å². The van der Waals surface area contributed by atoms with Crippen LogP contribution < -0.4 is 5.32 Å². The summed E-state index contributed by atoms with van der Waals surface area (Å²) in [5.41, 5.74) is 2.17. The molecule has 1 fully saturated rings. The van der Waals surface area contributed by atoms with E-state index in [0.717, 1.165) is 48.0 Å². The van der Waals surface area contributed by atoms with Gasteiger partial charge in [-0.25, -0.2) is 4.98 Å². The van der Waals surface area contributed by atoms with Crippen molar-refractivity contribution in [2.75, 3.05) is 19.6 Å². The normalized spacial score (nSPS) is 19.2. The number of fused-ring (bicyclic) bond motifs is 1. The van der Waals surface area contributed by atoms with Gasteiger partial charge in [-0.05, 0) is 44.1 Å². The Labute approximate surface area is 124 Å². The average molecular weight is 288 g/mol. The lowest BCUT2D eigenvalue weighted by Crippen LogP contribution is -2.44. The number of H-pyrrole nitrogens is 1. The second-order valence-electron chi connectivity index (χ2n) is 5.26. The standard InChI is InChI=1S/C15H20N4S/c1-2-16-15(20)19-9-5-6-11(10-19)14-17-12-7-3-4-8-13(12)18-14/h3-4,7-8,11H,2,5-6,9-10H2,1H3,(H,16,20)(H,17,18)/t11-/m1/s1. The average Bonchev–Trinajstić information content (AvgIpc) is 2.91. The van der Waals surface area contributed by atoms with E-state index < -0.39 is 0 Å². The molecule has 1 aliphatic rings. The molecule has 1 aromatic heterocycles. The predicted molar refractivity (Wildman–Crippen MR) is 85.9 cm³/mol. The lowest BCUT2D eigenvalue weighted by molar-refractivity contribution is 0.300. The molecule has 0 spiro atoms. The summed E-state index contributed by atoms with van der Waals surface area (Å²) in [6.45, 7) is 4.95. The van der Waals surface area contributed by atoms with Crippen molar-refractivity contribution in [1.29, 1.82) is 0 Å². The van der Waals surface area contributed by atoms with Crippen molar-refractivity contribution in [3.8, 4) is 0 Å². The van der Waals surface area contributed by atoms with E-state index in [2.05, 4.69) is 34.3 Å². The van der Waals surface area contributed by atoms with Gasteiger partial charge in [0.25, 0.3) is 0 Å². The molecule has 2 N–H and O–H groups in total. The Hall–Kier alpha value is -1.62. The number of hydrogen-bond donors (Lipinski definition) is 2. The zero-order valence-corrected chi connectivity index (χ0v) is 12.5. The molecule has 20 heavy (non-hydrogen) atoms. The van der Waals surface area contributed by atoms with E-state index in [-0.39, 0.29) is 0 Å². The van der Waals surface area contributed by atoms with Crippen LogP contribution in [0.1, 0.15) is 31.5 Å².